The number of carbonyl (C=O) groups excluding carboxylic acids is 2. The van der Waals surface area contributed by atoms with Gasteiger partial charge in [0.15, 0.2) is 4.80 Å². The summed E-state index contributed by atoms with van der Waals surface area (Å²) in [5, 5.41) is 10.6. The van der Waals surface area contributed by atoms with Gasteiger partial charge < -0.3 is 9.47 Å². The van der Waals surface area contributed by atoms with Crippen LogP contribution in [0.15, 0.2) is 71.2 Å². The summed E-state index contributed by atoms with van der Waals surface area (Å²) in [7, 11) is 0. The first-order valence-electron chi connectivity index (χ1n) is 9.75. The van der Waals surface area contributed by atoms with Crippen LogP contribution in [0.25, 0.3) is 0 Å². The lowest BCUT2D eigenvalue weighted by atomic mass is 10.2. The van der Waals surface area contributed by atoms with E-state index in [1.165, 1.54) is 22.3 Å². The van der Waals surface area contributed by atoms with Crippen molar-refractivity contribution in [3.05, 3.63) is 82.4 Å². The van der Waals surface area contributed by atoms with Crippen molar-refractivity contribution in [3.63, 3.8) is 0 Å². The molecule has 0 radical (unpaired) electrons. The van der Waals surface area contributed by atoms with Gasteiger partial charge >= 0.3 is 0 Å². The standard InChI is InChI=1S/C23H21FN4O2S/c24-20-10-5-4-7-18(20)17-27-15-16-31-23(27)26-21(29)11-12-22(30)28(14-6-13-25)19-8-2-1-3-9-19/h1-5,7-10,15-16H,6,11-12,14,17H2. The third-order valence-corrected chi connectivity index (χ3v) is 5.34. The molecule has 0 saturated carbocycles. The van der Waals surface area contributed by atoms with Gasteiger partial charge in [0, 0.05) is 42.2 Å². The van der Waals surface area contributed by atoms with Crippen LogP contribution < -0.4 is 9.70 Å². The molecule has 2 amide bonds. The van der Waals surface area contributed by atoms with Gasteiger partial charge in [-0.25, -0.2) is 4.39 Å². The average molecular weight is 437 g/mol. The Bertz CT molecular complexity index is 1150. The van der Waals surface area contributed by atoms with Crippen LogP contribution in [-0.2, 0) is 16.1 Å². The van der Waals surface area contributed by atoms with E-state index < -0.39 is 5.91 Å². The molecule has 0 aliphatic rings. The summed E-state index contributed by atoms with van der Waals surface area (Å²) in [6.45, 7) is 0.523. The zero-order chi connectivity index (χ0) is 22.1. The Morgan fingerprint density at radius 1 is 1.10 bits per heavy atom. The summed E-state index contributed by atoms with van der Waals surface area (Å²) >= 11 is 1.27. The van der Waals surface area contributed by atoms with Crippen LogP contribution in [-0.4, -0.2) is 22.9 Å². The number of aromatic nitrogens is 1. The minimum atomic E-state index is -0.425. The van der Waals surface area contributed by atoms with Gasteiger partial charge in [-0.1, -0.05) is 36.4 Å². The molecule has 158 valence electrons. The number of hydrogen-bond acceptors (Lipinski definition) is 4. The SMILES string of the molecule is N#CCCN(C(=O)CCC(=O)N=c1sccn1Cc1ccccc1F)c1ccccc1. The number of thiazole rings is 1. The zero-order valence-electron chi connectivity index (χ0n) is 16.8. The van der Waals surface area contributed by atoms with E-state index in [2.05, 4.69) is 4.99 Å². The zero-order valence-corrected chi connectivity index (χ0v) is 17.6. The Kier molecular flexibility index (Phi) is 7.85. The molecule has 1 heterocycles. The molecule has 2 aromatic carbocycles. The van der Waals surface area contributed by atoms with Crippen molar-refractivity contribution in [2.45, 2.75) is 25.8 Å². The Balaban J connectivity index is 1.66. The fraction of sp³-hybridized carbons (Fsp3) is 0.217. The Labute approximate surface area is 183 Å². The fourth-order valence-electron chi connectivity index (χ4n) is 3.00. The number of nitrogens with zero attached hydrogens (tertiary/aromatic N) is 4. The van der Waals surface area contributed by atoms with Gasteiger partial charge in [0.05, 0.1) is 19.0 Å². The number of hydrogen-bond donors (Lipinski definition) is 0. The topological polar surface area (TPSA) is 78.5 Å². The van der Waals surface area contributed by atoms with Crippen LogP contribution in [0.4, 0.5) is 10.1 Å². The molecule has 31 heavy (non-hydrogen) atoms. The number of rotatable bonds is 8. The summed E-state index contributed by atoms with van der Waals surface area (Å²) < 4.78 is 15.6. The Morgan fingerprint density at radius 3 is 2.58 bits per heavy atom. The highest BCUT2D eigenvalue weighted by atomic mass is 32.1. The second kappa shape index (κ2) is 11.0. The number of benzene rings is 2. The molecule has 3 rings (SSSR count). The predicted molar refractivity (Wildman–Crippen MR) is 117 cm³/mol. The number of nitriles is 1. The second-order valence-corrected chi connectivity index (χ2v) is 7.57. The third kappa shape index (κ3) is 6.20. The highest BCUT2D eigenvalue weighted by Gasteiger charge is 2.16. The summed E-state index contributed by atoms with van der Waals surface area (Å²) in [6.07, 6.45) is 1.88. The number of halogens is 1. The second-order valence-electron chi connectivity index (χ2n) is 6.70. The highest BCUT2D eigenvalue weighted by molar-refractivity contribution is 7.07. The summed E-state index contributed by atoms with van der Waals surface area (Å²) in [5.74, 6) is -0.982. The molecule has 0 bridgehead atoms. The maximum absolute atomic E-state index is 13.9. The smallest absolute Gasteiger partial charge is 0.248 e. The molecule has 1 aromatic heterocycles. The van der Waals surface area contributed by atoms with E-state index in [0.29, 0.717) is 16.1 Å². The fourth-order valence-corrected chi connectivity index (χ4v) is 3.74. The lowest BCUT2D eigenvalue weighted by Crippen LogP contribution is -2.32. The molecule has 0 spiro atoms. The summed E-state index contributed by atoms with van der Waals surface area (Å²) in [6, 6.07) is 17.5. The van der Waals surface area contributed by atoms with E-state index in [9.17, 15) is 14.0 Å². The van der Waals surface area contributed by atoms with Crippen LogP contribution in [0.3, 0.4) is 0 Å². The Hall–Kier alpha value is -3.57. The maximum atomic E-state index is 13.9. The Morgan fingerprint density at radius 2 is 1.84 bits per heavy atom. The monoisotopic (exact) mass is 436 g/mol. The lowest BCUT2D eigenvalue weighted by Gasteiger charge is -2.21. The van der Waals surface area contributed by atoms with Crippen LogP contribution in [0.2, 0.25) is 0 Å². The van der Waals surface area contributed by atoms with Crippen molar-refractivity contribution >= 4 is 28.8 Å². The van der Waals surface area contributed by atoms with E-state index in [4.69, 9.17) is 5.26 Å². The third-order valence-electron chi connectivity index (χ3n) is 4.55. The molecule has 0 saturated heterocycles. The minimum absolute atomic E-state index is 0.0126. The molecule has 8 heteroatoms. The van der Waals surface area contributed by atoms with Gasteiger partial charge in [-0.3, -0.25) is 9.59 Å². The highest BCUT2D eigenvalue weighted by Crippen LogP contribution is 2.16. The van der Waals surface area contributed by atoms with Gasteiger partial charge in [0.1, 0.15) is 5.82 Å². The molecule has 0 N–H and O–H groups in total. The van der Waals surface area contributed by atoms with Gasteiger partial charge in [-0.05, 0) is 18.2 Å². The van der Waals surface area contributed by atoms with Crippen molar-refractivity contribution in [3.8, 4) is 6.07 Å². The van der Waals surface area contributed by atoms with E-state index in [1.807, 2.05) is 24.3 Å². The number of para-hydroxylation sites is 1. The van der Waals surface area contributed by atoms with E-state index in [1.54, 1.807) is 46.5 Å². The lowest BCUT2D eigenvalue weighted by molar-refractivity contribution is -0.123. The number of amides is 2. The summed E-state index contributed by atoms with van der Waals surface area (Å²) in [5.41, 5.74) is 1.19. The van der Waals surface area contributed by atoms with Crippen LogP contribution in [0.1, 0.15) is 24.8 Å². The van der Waals surface area contributed by atoms with Crippen molar-refractivity contribution in [2.24, 2.45) is 4.99 Å². The van der Waals surface area contributed by atoms with Crippen molar-refractivity contribution < 1.29 is 14.0 Å². The van der Waals surface area contributed by atoms with Gasteiger partial charge in [-0.2, -0.15) is 10.3 Å². The molecular weight excluding hydrogens is 415 g/mol. The van der Waals surface area contributed by atoms with Crippen LogP contribution in [0.5, 0.6) is 0 Å². The van der Waals surface area contributed by atoms with Gasteiger partial charge in [0.2, 0.25) is 11.8 Å². The number of carbonyl (C=O) groups is 2. The molecule has 0 aliphatic carbocycles. The maximum Gasteiger partial charge on any atom is 0.248 e. The molecule has 6 nitrogen and oxygen atoms in total. The first kappa shape index (κ1) is 22.1. The van der Waals surface area contributed by atoms with Crippen LogP contribution >= 0.6 is 11.3 Å². The summed E-state index contributed by atoms with van der Waals surface area (Å²) in [4.78, 5) is 31.1. The van der Waals surface area contributed by atoms with E-state index >= 15 is 0 Å². The van der Waals surface area contributed by atoms with Crippen molar-refractivity contribution in [1.29, 1.82) is 5.26 Å². The molecular formula is C23H21FN4O2S. The minimum Gasteiger partial charge on any atom is -0.319 e. The largest absolute Gasteiger partial charge is 0.319 e. The van der Waals surface area contributed by atoms with Gasteiger partial charge in [-0.15, -0.1) is 11.3 Å². The first-order valence-corrected chi connectivity index (χ1v) is 10.6. The molecule has 0 unspecified atom stereocenters. The number of anilines is 1. The van der Waals surface area contributed by atoms with Gasteiger partial charge in [0.25, 0.3) is 0 Å². The first-order chi connectivity index (χ1) is 15.1. The molecule has 3 aromatic rings. The molecule has 0 atom stereocenters. The van der Waals surface area contributed by atoms with Crippen LogP contribution in [0, 0.1) is 17.1 Å². The van der Waals surface area contributed by atoms with Crippen molar-refractivity contribution in [1.82, 2.24) is 4.57 Å². The normalized spacial score (nSPS) is 11.2. The predicted octanol–water partition coefficient (Wildman–Crippen LogP) is 3.89. The molecule has 0 aliphatic heterocycles. The average Bonchev–Trinajstić information content (AvgIpc) is 3.21. The van der Waals surface area contributed by atoms with E-state index in [-0.39, 0.29) is 44.1 Å². The quantitative estimate of drug-likeness (QED) is 0.537. The molecule has 0 fully saturated rings. The van der Waals surface area contributed by atoms with E-state index in [0.717, 1.165) is 0 Å². The van der Waals surface area contributed by atoms with Crippen molar-refractivity contribution in [2.75, 3.05) is 11.4 Å².